The third kappa shape index (κ3) is 5.54. The number of nitrogens with one attached hydrogen (secondary N) is 2. The van der Waals surface area contributed by atoms with Crippen LogP contribution in [0.4, 0.5) is 17.4 Å². The van der Waals surface area contributed by atoms with E-state index in [-0.39, 0.29) is 24.2 Å². The minimum absolute atomic E-state index is 0.0108. The maximum Gasteiger partial charge on any atom is 0.320 e. The summed E-state index contributed by atoms with van der Waals surface area (Å²) in [6.45, 7) is 0. The van der Waals surface area contributed by atoms with Gasteiger partial charge in [-0.1, -0.05) is 29.4 Å². The fraction of sp³-hybridized carbons (Fsp3) is 0.292. The summed E-state index contributed by atoms with van der Waals surface area (Å²) in [6.07, 6.45) is 4.02. The summed E-state index contributed by atoms with van der Waals surface area (Å²) in [7, 11) is 0. The maximum atomic E-state index is 12.5. The van der Waals surface area contributed by atoms with Gasteiger partial charge in [0.15, 0.2) is 0 Å². The number of carboxylic acids is 1. The molecule has 9 heteroatoms. The number of benzene rings is 2. The van der Waals surface area contributed by atoms with Crippen LogP contribution in [-0.4, -0.2) is 27.2 Å². The number of anilines is 3. The molecule has 0 saturated heterocycles. The summed E-state index contributed by atoms with van der Waals surface area (Å²) in [6, 6.07) is 16.5. The normalized spacial score (nSPS) is 17.7. The quantitative estimate of drug-likeness (QED) is 0.476. The van der Waals surface area contributed by atoms with E-state index in [1.54, 1.807) is 24.3 Å². The lowest BCUT2D eigenvalue weighted by molar-refractivity contribution is -0.138. The highest BCUT2D eigenvalue weighted by atomic mass is 16.4. The van der Waals surface area contributed by atoms with E-state index in [0.29, 0.717) is 22.9 Å². The number of hydrogen-bond acceptors (Lipinski definition) is 7. The third-order valence-corrected chi connectivity index (χ3v) is 5.86. The van der Waals surface area contributed by atoms with Crippen molar-refractivity contribution >= 4 is 29.3 Å². The van der Waals surface area contributed by atoms with Crippen molar-refractivity contribution < 1.29 is 19.1 Å². The molecule has 9 nitrogen and oxygen atoms in total. The molecule has 3 aromatic rings. The molecule has 1 amide bonds. The van der Waals surface area contributed by atoms with Crippen LogP contribution in [0.5, 0.6) is 0 Å². The molecule has 4 rings (SSSR count). The molecule has 1 aliphatic rings. The topological polar surface area (TPSA) is 141 Å². The molecule has 3 N–H and O–H groups in total. The van der Waals surface area contributed by atoms with Crippen molar-refractivity contribution in [1.82, 2.24) is 10.2 Å². The molecule has 0 aliphatic heterocycles. The monoisotopic (exact) mass is 445 g/mol. The molecule has 0 atom stereocenters. The number of carbonyl (C=O) groups is 2. The van der Waals surface area contributed by atoms with Crippen molar-refractivity contribution in [3.8, 4) is 6.07 Å². The molecule has 1 fully saturated rings. The van der Waals surface area contributed by atoms with E-state index in [2.05, 4.69) is 26.9 Å². The largest absolute Gasteiger partial charge is 0.481 e. The van der Waals surface area contributed by atoms with Crippen LogP contribution in [0, 0.1) is 17.2 Å². The van der Waals surface area contributed by atoms with Crippen LogP contribution in [0.1, 0.15) is 59.8 Å². The fourth-order valence-corrected chi connectivity index (χ4v) is 4.14. The van der Waals surface area contributed by atoms with Crippen LogP contribution >= 0.6 is 0 Å². The van der Waals surface area contributed by atoms with Gasteiger partial charge in [-0.05, 0) is 67.3 Å². The number of rotatable bonds is 7. The van der Waals surface area contributed by atoms with Gasteiger partial charge in [0.05, 0.1) is 11.3 Å². The first-order chi connectivity index (χ1) is 16.0. The Morgan fingerprint density at radius 1 is 1.06 bits per heavy atom. The lowest BCUT2D eigenvalue weighted by Crippen LogP contribution is -2.16. The number of nitriles is 1. The second kappa shape index (κ2) is 9.96. The number of carboxylic acid groups (broad SMARTS) is 1. The van der Waals surface area contributed by atoms with Crippen LogP contribution in [0.15, 0.2) is 52.9 Å². The zero-order chi connectivity index (χ0) is 23.2. The number of hydrogen-bond donors (Lipinski definition) is 3. The minimum Gasteiger partial charge on any atom is -0.481 e. The predicted octanol–water partition coefficient (Wildman–Crippen LogP) is 4.69. The molecule has 0 unspecified atom stereocenters. The molecule has 1 aliphatic carbocycles. The van der Waals surface area contributed by atoms with Crippen LogP contribution in [-0.2, 0) is 4.79 Å². The first-order valence-electron chi connectivity index (χ1n) is 10.7. The second-order valence-corrected chi connectivity index (χ2v) is 8.09. The van der Waals surface area contributed by atoms with E-state index in [9.17, 15) is 9.59 Å². The standard InChI is InChI=1S/C24H23N5O4/c25-14-18-3-1-2-4-20(18)27-24-29-28-23(33-24)22(32)26-19-11-9-17(10-12-19)16-7-5-15(6-8-16)13-21(30)31/h1-4,9-12,15-16H,5-8,13H2,(H,26,32)(H,27,29)(H,30,31)/t15-,16-. The molecular formula is C24H23N5O4. The van der Waals surface area contributed by atoms with Crippen molar-refractivity contribution in [2.75, 3.05) is 10.6 Å². The SMILES string of the molecule is N#Cc1ccccc1Nc1nnc(C(=O)Nc2ccc([C@H]3CC[C@H](CC(=O)O)CC3)cc2)o1. The number of carbonyl (C=O) groups excluding carboxylic acids is 1. The van der Waals surface area contributed by atoms with E-state index >= 15 is 0 Å². The Bertz CT molecular complexity index is 1170. The van der Waals surface area contributed by atoms with Crippen molar-refractivity contribution in [2.24, 2.45) is 5.92 Å². The Kier molecular flexibility index (Phi) is 6.64. The maximum absolute atomic E-state index is 12.5. The first kappa shape index (κ1) is 22.0. The van der Waals surface area contributed by atoms with Gasteiger partial charge in [0.1, 0.15) is 6.07 Å². The Balaban J connectivity index is 1.33. The van der Waals surface area contributed by atoms with E-state index in [0.717, 1.165) is 25.7 Å². The van der Waals surface area contributed by atoms with E-state index in [1.165, 1.54) is 5.56 Å². The molecule has 1 heterocycles. The molecule has 168 valence electrons. The van der Waals surface area contributed by atoms with Crippen molar-refractivity contribution in [1.29, 1.82) is 5.26 Å². The van der Waals surface area contributed by atoms with Gasteiger partial charge >= 0.3 is 23.8 Å². The van der Waals surface area contributed by atoms with Gasteiger partial charge in [-0.25, -0.2) is 0 Å². The molecule has 0 radical (unpaired) electrons. The average molecular weight is 445 g/mol. The Labute approximate surface area is 190 Å². The highest BCUT2D eigenvalue weighted by Gasteiger charge is 2.24. The summed E-state index contributed by atoms with van der Waals surface area (Å²) in [5, 5.41) is 31.3. The van der Waals surface area contributed by atoms with Gasteiger partial charge in [0.25, 0.3) is 0 Å². The Hall–Kier alpha value is -4.19. The van der Waals surface area contributed by atoms with Gasteiger partial charge in [-0.15, -0.1) is 5.10 Å². The number of aliphatic carboxylic acids is 1. The highest BCUT2D eigenvalue weighted by Crippen LogP contribution is 2.37. The number of aromatic nitrogens is 2. The number of nitrogens with zero attached hydrogens (tertiary/aromatic N) is 3. The molecule has 33 heavy (non-hydrogen) atoms. The minimum atomic E-state index is -0.727. The van der Waals surface area contributed by atoms with Gasteiger partial charge in [0.2, 0.25) is 0 Å². The van der Waals surface area contributed by atoms with Gasteiger partial charge in [0, 0.05) is 12.1 Å². The van der Waals surface area contributed by atoms with Crippen LogP contribution in [0.25, 0.3) is 0 Å². The Morgan fingerprint density at radius 3 is 2.48 bits per heavy atom. The summed E-state index contributed by atoms with van der Waals surface area (Å²) in [4.78, 5) is 23.4. The van der Waals surface area contributed by atoms with Crippen molar-refractivity contribution in [3.05, 3.63) is 65.5 Å². The van der Waals surface area contributed by atoms with Gasteiger partial charge < -0.3 is 20.2 Å². The van der Waals surface area contributed by atoms with E-state index in [4.69, 9.17) is 14.8 Å². The highest BCUT2D eigenvalue weighted by molar-refractivity contribution is 6.00. The third-order valence-electron chi connectivity index (χ3n) is 5.86. The molecular weight excluding hydrogens is 422 g/mol. The zero-order valence-electron chi connectivity index (χ0n) is 17.8. The van der Waals surface area contributed by atoms with Gasteiger partial charge in [-0.3, -0.25) is 9.59 Å². The zero-order valence-corrected chi connectivity index (χ0v) is 17.8. The molecule has 0 bridgehead atoms. The van der Waals surface area contributed by atoms with Crippen LogP contribution in [0.3, 0.4) is 0 Å². The molecule has 1 saturated carbocycles. The summed E-state index contributed by atoms with van der Waals surface area (Å²) >= 11 is 0. The van der Waals surface area contributed by atoms with E-state index < -0.39 is 11.9 Å². The van der Waals surface area contributed by atoms with Crippen molar-refractivity contribution in [2.45, 2.75) is 38.0 Å². The Morgan fingerprint density at radius 2 is 1.79 bits per heavy atom. The van der Waals surface area contributed by atoms with Crippen LogP contribution in [0.2, 0.25) is 0 Å². The molecule has 1 aromatic heterocycles. The summed E-state index contributed by atoms with van der Waals surface area (Å²) < 4.78 is 5.38. The summed E-state index contributed by atoms with van der Waals surface area (Å²) in [5.74, 6) is -0.798. The predicted molar refractivity (Wildman–Crippen MR) is 120 cm³/mol. The fourth-order valence-electron chi connectivity index (χ4n) is 4.14. The second-order valence-electron chi connectivity index (χ2n) is 8.09. The van der Waals surface area contributed by atoms with Gasteiger partial charge in [-0.2, -0.15) is 5.26 Å². The van der Waals surface area contributed by atoms with Crippen molar-refractivity contribution in [3.63, 3.8) is 0 Å². The molecule has 0 spiro atoms. The van der Waals surface area contributed by atoms with E-state index in [1.807, 2.05) is 24.3 Å². The smallest absolute Gasteiger partial charge is 0.320 e. The first-order valence-corrected chi connectivity index (χ1v) is 10.7. The molecule has 2 aromatic carbocycles. The van der Waals surface area contributed by atoms with Crippen LogP contribution < -0.4 is 10.6 Å². The number of para-hydroxylation sites is 1. The lowest BCUT2D eigenvalue weighted by Gasteiger charge is -2.28. The number of amides is 1. The average Bonchev–Trinajstić information content (AvgIpc) is 3.29. The lowest BCUT2D eigenvalue weighted by atomic mass is 9.77. The summed E-state index contributed by atoms with van der Waals surface area (Å²) in [5.41, 5.74) is 2.70.